The minimum atomic E-state index is -0.214. The fourth-order valence-corrected chi connectivity index (χ4v) is 3.53. The highest BCUT2D eigenvalue weighted by molar-refractivity contribution is 7.09. The molecule has 0 aromatic carbocycles. The topological polar surface area (TPSA) is 62.7 Å². The summed E-state index contributed by atoms with van der Waals surface area (Å²) in [5.41, 5.74) is 0.790. The van der Waals surface area contributed by atoms with Crippen LogP contribution in [0.4, 0.5) is 0 Å². The smallest absolute Gasteiger partial charge is 0.312 e. The van der Waals surface area contributed by atoms with E-state index >= 15 is 0 Å². The number of hydrogen-bond donors (Lipinski definition) is 0. The minimum absolute atomic E-state index is 0.00361. The van der Waals surface area contributed by atoms with E-state index in [-0.39, 0.29) is 29.8 Å². The second-order valence-electron chi connectivity index (χ2n) is 7.82. The lowest BCUT2D eigenvalue weighted by Crippen LogP contribution is -2.43. The number of piperidine rings is 1. The quantitative estimate of drug-likeness (QED) is 0.746. The SMILES string of the molecule is CN(C)C(=O)CN1CCC(OC(=O)Cc2csc(C(C)(C)C)n2)CC1. The third-order valence-electron chi connectivity index (χ3n) is 4.21. The first-order chi connectivity index (χ1) is 11.6. The van der Waals surface area contributed by atoms with Gasteiger partial charge in [0, 0.05) is 38.0 Å². The molecule has 1 saturated heterocycles. The zero-order valence-electron chi connectivity index (χ0n) is 15.9. The first-order valence-corrected chi connectivity index (χ1v) is 9.60. The van der Waals surface area contributed by atoms with Gasteiger partial charge in [-0.3, -0.25) is 14.5 Å². The summed E-state index contributed by atoms with van der Waals surface area (Å²) < 4.78 is 5.59. The highest BCUT2D eigenvalue weighted by Crippen LogP contribution is 2.26. The Labute approximate surface area is 154 Å². The van der Waals surface area contributed by atoms with Crippen molar-refractivity contribution in [2.45, 2.75) is 51.6 Å². The predicted octanol–water partition coefficient (Wildman–Crippen LogP) is 2.08. The van der Waals surface area contributed by atoms with Gasteiger partial charge in [0.05, 0.1) is 23.7 Å². The van der Waals surface area contributed by atoms with Crippen molar-refractivity contribution in [3.63, 3.8) is 0 Å². The van der Waals surface area contributed by atoms with E-state index in [1.165, 1.54) is 0 Å². The number of thiazole rings is 1. The molecule has 140 valence electrons. The molecule has 25 heavy (non-hydrogen) atoms. The fraction of sp³-hybridized carbons (Fsp3) is 0.722. The van der Waals surface area contributed by atoms with E-state index in [1.54, 1.807) is 30.3 Å². The molecule has 0 spiro atoms. The highest BCUT2D eigenvalue weighted by Gasteiger charge is 2.25. The van der Waals surface area contributed by atoms with Crippen LogP contribution in [-0.2, 0) is 26.2 Å². The lowest BCUT2D eigenvalue weighted by Gasteiger charge is -2.31. The summed E-state index contributed by atoms with van der Waals surface area (Å²) in [7, 11) is 3.53. The van der Waals surface area contributed by atoms with Crippen LogP contribution in [0.15, 0.2) is 5.38 Å². The number of aromatic nitrogens is 1. The summed E-state index contributed by atoms with van der Waals surface area (Å²) in [6.45, 7) is 8.33. The maximum Gasteiger partial charge on any atom is 0.312 e. The first kappa shape index (κ1) is 19.8. The second-order valence-corrected chi connectivity index (χ2v) is 8.68. The molecule has 0 aliphatic carbocycles. The molecule has 1 aromatic heterocycles. The average molecular weight is 368 g/mol. The van der Waals surface area contributed by atoms with E-state index < -0.39 is 0 Å². The van der Waals surface area contributed by atoms with E-state index in [2.05, 4.69) is 30.7 Å². The Morgan fingerprint density at radius 2 is 1.96 bits per heavy atom. The van der Waals surface area contributed by atoms with Crippen molar-refractivity contribution in [3.8, 4) is 0 Å². The summed E-state index contributed by atoms with van der Waals surface area (Å²) in [4.78, 5) is 32.2. The number of carbonyl (C=O) groups is 2. The molecule has 1 amide bonds. The van der Waals surface area contributed by atoms with Gasteiger partial charge in [-0.1, -0.05) is 20.8 Å². The summed E-state index contributed by atoms with van der Waals surface area (Å²) in [6.07, 6.45) is 1.72. The molecule has 1 aliphatic heterocycles. The number of esters is 1. The van der Waals surface area contributed by atoms with Crippen LogP contribution < -0.4 is 0 Å². The molecule has 0 unspecified atom stereocenters. The molecule has 0 saturated carbocycles. The Morgan fingerprint density at radius 1 is 1.32 bits per heavy atom. The fourth-order valence-electron chi connectivity index (χ4n) is 2.63. The van der Waals surface area contributed by atoms with Gasteiger partial charge in [0.2, 0.25) is 5.91 Å². The van der Waals surface area contributed by atoms with Crippen LogP contribution in [-0.4, -0.2) is 66.5 Å². The van der Waals surface area contributed by atoms with Crippen LogP contribution in [0.25, 0.3) is 0 Å². The van der Waals surface area contributed by atoms with Gasteiger partial charge in [-0.05, 0) is 12.8 Å². The normalized spacial score (nSPS) is 16.7. The minimum Gasteiger partial charge on any atom is -0.462 e. The molecule has 1 fully saturated rings. The van der Waals surface area contributed by atoms with Gasteiger partial charge in [0.25, 0.3) is 0 Å². The van der Waals surface area contributed by atoms with E-state index in [1.807, 2.05) is 5.38 Å². The van der Waals surface area contributed by atoms with Gasteiger partial charge >= 0.3 is 5.97 Å². The molecule has 2 heterocycles. The van der Waals surface area contributed by atoms with Crippen molar-refractivity contribution in [2.75, 3.05) is 33.7 Å². The van der Waals surface area contributed by atoms with Gasteiger partial charge in [-0.2, -0.15) is 0 Å². The van der Waals surface area contributed by atoms with E-state index in [0.717, 1.165) is 36.6 Å². The van der Waals surface area contributed by atoms with Gasteiger partial charge in [-0.25, -0.2) is 4.98 Å². The number of hydrogen-bond acceptors (Lipinski definition) is 6. The number of nitrogens with zero attached hydrogens (tertiary/aromatic N) is 3. The number of likely N-dealkylation sites (N-methyl/N-ethyl adjacent to an activating group) is 1. The van der Waals surface area contributed by atoms with Crippen LogP contribution in [0.1, 0.15) is 44.3 Å². The molecule has 1 aliphatic rings. The number of rotatable bonds is 5. The van der Waals surface area contributed by atoms with E-state index in [9.17, 15) is 9.59 Å². The Bertz CT molecular complexity index is 599. The molecule has 0 N–H and O–H groups in total. The standard InChI is InChI=1S/C18H29N3O3S/c1-18(2,3)17-19-13(12-25-17)10-16(23)24-14-6-8-21(9-7-14)11-15(22)20(4)5/h12,14H,6-11H2,1-5H3. The number of carbonyl (C=O) groups excluding carboxylic acids is 2. The van der Waals surface area contributed by atoms with Gasteiger partial charge < -0.3 is 9.64 Å². The zero-order chi connectivity index (χ0) is 18.6. The third-order valence-corrected chi connectivity index (χ3v) is 5.53. The van der Waals surface area contributed by atoms with E-state index in [0.29, 0.717) is 6.54 Å². The summed E-state index contributed by atoms with van der Waals surface area (Å²) in [5.74, 6) is -0.109. The molecule has 0 radical (unpaired) electrons. The van der Waals surface area contributed by atoms with Crippen LogP contribution in [0.5, 0.6) is 0 Å². The molecule has 6 nitrogen and oxygen atoms in total. The molecule has 0 atom stereocenters. The molecular weight excluding hydrogens is 338 g/mol. The highest BCUT2D eigenvalue weighted by atomic mass is 32.1. The van der Waals surface area contributed by atoms with Crippen LogP contribution in [0, 0.1) is 0 Å². The predicted molar refractivity (Wildman–Crippen MR) is 98.8 cm³/mol. The zero-order valence-corrected chi connectivity index (χ0v) is 16.7. The van der Waals surface area contributed by atoms with Crippen LogP contribution in [0.2, 0.25) is 0 Å². The molecule has 0 bridgehead atoms. The molecule has 1 aromatic rings. The maximum absolute atomic E-state index is 12.2. The van der Waals surface area contributed by atoms with Crippen molar-refractivity contribution in [1.29, 1.82) is 0 Å². The maximum atomic E-state index is 12.2. The number of ether oxygens (including phenoxy) is 1. The van der Waals surface area contributed by atoms with Crippen molar-refractivity contribution >= 4 is 23.2 Å². The summed E-state index contributed by atoms with van der Waals surface area (Å²) >= 11 is 1.59. The van der Waals surface area contributed by atoms with Gasteiger partial charge in [-0.15, -0.1) is 11.3 Å². The Hall–Kier alpha value is -1.47. The Balaban J connectivity index is 1.75. The van der Waals surface area contributed by atoms with Gasteiger partial charge in [0.15, 0.2) is 0 Å². The lowest BCUT2D eigenvalue weighted by atomic mass is 9.98. The average Bonchev–Trinajstić information content (AvgIpc) is 2.97. The third kappa shape index (κ3) is 6.08. The summed E-state index contributed by atoms with van der Waals surface area (Å²) in [6, 6.07) is 0. The Kier molecular flexibility index (Phi) is 6.57. The largest absolute Gasteiger partial charge is 0.462 e. The van der Waals surface area contributed by atoms with Crippen molar-refractivity contribution < 1.29 is 14.3 Å². The molecular formula is C18H29N3O3S. The van der Waals surface area contributed by atoms with Crippen molar-refractivity contribution in [3.05, 3.63) is 16.1 Å². The lowest BCUT2D eigenvalue weighted by molar-refractivity contribution is -0.151. The molecule has 2 rings (SSSR count). The molecule has 7 heteroatoms. The second kappa shape index (κ2) is 8.27. The first-order valence-electron chi connectivity index (χ1n) is 8.72. The summed E-state index contributed by atoms with van der Waals surface area (Å²) in [5, 5.41) is 2.98. The number of likely N-dealkylation sites (tertiary alicyclic amines) is 1. The Morgan fingerprint density at radius 3 is 2.48 bits per heavy atom. The van der Waals surface area contributed by atoms with Crippen LogP contribution >= 0.6 is 11.3 Å². The number of amides is 1. The van der Waals surface area contributed by atoms with Crippen LogP contribution in [0.3, 0.4) is 0 Å². The monoisotopic (exact) mass is 367 g/mol. The van der Waals surface area contributed by atoms with Gasteiger partial charge in [0.1, 0.15) is 6.10 Å². The van der Waals surface area contributed by atoms with Crippen molar-refractivity contribution in [1.82, 2.24) is 14.8 Å². The van der Waals surface area contributed by atoms with Crippen molar-refractivity contribution in [2.24, 2.45) is 0 Å². The van der Waals surface area contributed by atoms with E-state index in [4.69, 9.17) is 4.74 Å².